The fourth-order valence-corrected chi connectivity index (χ4v) is 2.36. The second-order valence-electron chi connectivity index (χ2n) is 2.72. The molecule has 4 heteroatoms. The van der Waals surface area contributed by atoms with Gasteiger partial charge in [-0.1, -0.05) is 0 Å². The molecule has 0 aliphatic carbocycles. The van der Waals surface area contributed by atoms with Crippen molar-refractivity contribution in [3.05, 3.63) is 30.7 Å². The van der Waals surface area contributed by atoms with Crippen molar-refractivity contribution in [3.63, 3.8) is 0 Å². The molecule has 62 valence electrons. The summed E-state index contributed by atoms with van der Waals surface area (Å²) in [6.07, 6.45) is 5.35. The topological polar surface area (TPSA) is 38.7 Å². The van der Waals surface area contributed by atoms with Gasteiger partial charge in [0.1, 0.15) is 0 Å². The van der Waals surface area contributed by atoms with Crippen LogP contribution in [0.25, 0.3) is 20.3 Å². The largest absolute Gasteiger partial charge is 0.255 e. The zero-order chi connectivity index (χ0) is 8.67. The number of hydrogen-bond acceptors (Lipinski definition) is 4. The van der Waals surface area contributed by atoms with E-state index in [4.69, 9.17) is 0 Å². The van der Waals surface area contributed by atoms with Crippen molar-refractivity contribution in [2.24, 2.45) is 0 Å². The molecule has 0 aromatic carbocycles. The van der Waals surface area contributed by atoms with E-state index >= 15 is 0 Å². The van der Waals surface area contributed by atoms with Gasteiger partial charge in [-0.15, -0.1) is 11.3 Å². The van der Waals surface area contributed by atoms with Crippen molar-refractivity contribution in [1.82, 2.24) is 15.2 Å². The van der Waals surface area contributed by atoms with E-state index in [0.717, 1.165) is 15.6 Å². The summed E-state index contributed by atoms with van der Waals surface area (Å²) in [5.41, 5.74) is 1.03. The van der Waals surface area contributed by atoms with E-state index in [1.54, 1.807) is 29.9 Å². The third-order valence-electron chi connectivity index (χ3n) is 1.94. The average Bonchev–Trinajstić information content (AvgIpc) is 2.56. The molecule has 0 N–H and O–H groups in total. The highest BCUT2D eigenvalue weighted by molar-refractivity contribution is 7.25. The lowest BCUT2D eigenvalue weighted by atomic mass is 10.3. The minimum atomic E-state index is 1.03. The van der Waals surface area contributed by atoms with Gasteiger partial charge in [0.25, 0.3) is 0 Å². The molecule has 0 bridgehead atoms. The SMILES string of the molecule is c1cnc2c(c1)sc1cnncc12. The summed E-state index contributed by atoms with van der Waals surface area (Å²) in [5, 5.41) is 8.79. The van der Waals surface area contributed by atoms with Crippen LogP contribution in [0.5, 0.6) is 0 Å². The highest BCUT2D eigenvalue weighted by Crippen LogP contribution is 2.30. The van der Waals surface area contributed by atoms with Crippen LogP contribution in [-0.4, -0.2) is 15.2 Å². The minimum Gasteiger partial charge on any atom is -0.255 e. The Hall–Kier alpha value is -1.55. The van der Waals surface area contributed by atoms with E-state index in [0.29, 0.717) is 0 Å². The second kappa shape index (κ2) is 2.47. The van der Waals surface area contributed by atoms with Crippen LogP contribution < -0.4 is 0 Å². The molecule has 3 heterocycles. The van der Waals surface area contributed by atoms with Crippen LogP contribution in [0, 0.1) is 0 Å². The monoisotopic (exact) mass is 187 g/mol. The molecule has 0 aliphatic heterocycles. The molecular weight excluding hydrogens is 182 g/mol. The Morgan fingerprint density at radius 3 is 3.00 bits per heavy atom. The Labute approximate surface area is 78.1 Å². The van der Waals surface area contributed by atoms with Gasteiger partial charge in [-0.05, 0) is 12.1 Å². The van der Waals surface area contributed by atoms with Gasteiger partial charge in [-0.2, -0.15) is 10.2 Å². The molecule has 0 radical (unpaired) electrons. The molecule has 0 saturated carbocycles. The Kier molecular flexibility index (Phi) is 1.31. The highest BCUT2D eigenvalue weighted by atomic mass is 32.1. The van der Waals surface area contributed by atoms with Crippen LogP contribution in [0.2, 0.25) is 0 Å². The highest BCUT2D eigenvalue weighted by Gasteiger charge is 2.04. The third-order valence-corrected chi connectivity index (χ3v) is 3.03. The molecule has 3 rings (SSSR count). The van der Waals surface area contributed by atoms with E-state index in [-0.39, 0.29) is 0 Å². The number of thiophene rings is 1. The van der Waals surface area contributed by atoms with E-state index in [1.807, 2.05) is 6.07 Å². The summed E-state index contributed by atoms with van der Waals surface area (Å²) < 4.78 is 2.33. The molecule has 0 saturated heterocycles. The van der Waals surface area contributed by atoms with Crippen molar-refractivity contribution < 1.29 is 0 Å². The zero-order valence-electron chi connectivity index (χ0n) is 6.64. The lowest BCUT2D eigenvalue weighted by Gasteiger charge is -1.86. The number of aromatic nitrogens is 3. The molecule has 13 heavy (non-hydrogen) atoms. The van der Waals surface area contributed by atoms with Crippen molar-refractivity contribution in [2.75, 3.05) is 0 Å². The van der Waals surface area contributed by atoms with Crippen LogP contribution in [-0.2, 0) is 0 Å². The Balaban J connectivity index is 2.64. The lowest BCUT2D eigenvalue weighted by molar-refractivity contribution is 1.05. The van der Waals surface area contributed by atoms with Crippen LogP contribution >= 0.6 is 11.3 Å². The number of rotatable bonds is 0. The van der Waals surface area contributed by atoms with Gasteiger partial charge in [0.15, 0.2) is 0 Å². The van der Waals surface area contributed by atoms with Crippen LogP contribution in [0.4, 0.5) is 0 Å². The molecule has 0 unspecified atom stereocenters. The molecule has 3 nitrogen and oxygen atoms in total. The first-order valence-corrected chi connectivity index (χ1v) is 4.71. The van der Waals surface area contributed by atoms with Crippen molar-refractivity contribution >= 4 is 31.6 Å². The van der Waals surface area contributed by atoms with E-state index in [9.17, 15) is 0 Å². The van der Waals surface area contributed by atoms with Crippen LogP contribution in [0.15, 0.2) is 30.7 Å². The normalized spacial score (nSPS) is 11.1. The van der Waals surface area contributed by atoms with Gasteiger partial charge in [0, 0.05) is 11.6 Å². The van der Waals surface area contributed by atoms with Gasteiger partial charge >= 0.3 is 0 Å². The maximum Gasteiger partial charge on any atom is 0.0905 e. The molecule has 0 aliphatic rings. The summed E-state index contributed by atoms with van der Waals surface area (Å²) in [6, 6.07) is 4.01. The number of pyridine rings is 1. The summed E-state index contributed by atoms with van der Waals surface area (Å²) in [4.78, 5) is 4.31. The number of hydrogen-bond donors (Lipinski definition) is 0. The van der Waals surface area contributed by atoms with Gasteiger partial charge in [-0.25, -0.2) is 0 Å². The van der Waals surface area contributed by atoms with Gasteiger partial charge in [-0.3, -0.25) is 4.98 Å². The molecule has 0 fully saturated rings. The quantitative estimate of drug-likeness (QED) is 0.541. The van der Waals surface area contributed by atoms with Gasteiger partial charge < -0.3 is 0 Å². The Morgan fingerprint density at radius 1 is 1.08 bits per heavy atom. The smallest absolute Gasteiger partial charge is 0.0905 e. The molecular formula is C9H5N3S. The predicted molar refractivity (Wildman–Crippen MR) is 52.7 cm³/mol. The van der Waals surface area contributed by atoms with Crippen molar-refractivity contribution in [1.29, 1.82) is 0 Å². The molecule has 3 aromatic heterocycles. The maximum atomic E-state index is 4.31. The third kappa shape index (κ3) is 0.922. The lowest BCUT2D eigenvalue weighted by Crippen LogP contribution is -1.76. The maximum absolute atomic E-state index is 4.31. The fraction of sp³-hybridized carbons (Fsp3) is 0. The molecule has 3 aromatic rings. The Morgan fingerprint density at radius 2 is 2.00 bits per heavy atom. The summed E-state index contributed by atoms with van der Waals surface area (Å²) in [6.45, 7) is 0. The number of nitrogens with zero attached hydrogens (tertiary/aromatic N) is 3. The van der Waals surface area contributed by atoms with Crippen LogP contribution in [0.1, 0.15) is 0 Å². The summed E-state index contributed by atoms with van der Waals surface area (Å²) in [7, 11) is 0. The fourth-order valence-electron chi connectivity index (χ4n) is 1.36. The van der Waals surface area contributed by atoms with E-state index in [2.05, 4.69) is 21.2 Å². The first kappa shape index (κ1) is 6.91. The van der Waals surface area contributed by atoms with Crippen LogP contribution in [0.3, 0.4) is 0 Å². The zero-order valence-corrected chi connectivity index (χ0v) is 7.45. The summed E-state index contributed by atoms with van der Waals surface area (Å²) >= 11 is 1.70. The van der Waals surface area contributed by atoms with Gasteiger partial charge in [0.05, 0.1) is 27.3 Å². The van der Waals surface area contributed by atoms with Crippen molar-refractivity contribution in [2.45, 2.75) is 0 Å². The van der Waals surface area contributed by atoms with E-state index in [1.165, 1.54) is 4.70 Å². The molecule has 0 amide bonds. The first-order valence-electron chi connectivity index (χ1n) is 3.89. The Bertz CT molecular complexity index is 523. The van der Waals surface area contributed by atoms with E-state index < -0.39 is 0 Å². The first-order chi connectivity index (χ1) is 6.45. The van der Waals surface area contributed by atoms with Crippen molar-refractivity contribution in [3.8, 4) is 0 Å². The standard InChI is InChI=1S/C9H5N3S/c1-2-7-9(10-3-1)6-4-11-12-5-8(6)13-7/h1-5H. The average molecular weight is 187 g/mol. The predicted octanol–water partition coefficient (Wildman–Crippen LogP) is 2.24. The van der Waals surface area contributed by atoms with Gasteiger partial charge in [0.2, 0.25) is 0 Å². The summed E-state index contributed by atoms with van der Waals surface area (Å²) in [5.74, 6) is 0. The minimum absolute atomic E-state index is 1.03. The molecule has 0 spiro atoms. The molecule has 0 atom stereocenters. The number of fused-ring (bicyclic) bond motifs is 3. The second-order valence-corrected chi connectivity index (χ2v) is 3.80.